The number of benzene rings is 1. The average molecular weight is 274 g/mol. The fourth-order valence-electron chi connectivity index (χ4n) is 2.11. The minimum absolute atomic E-state index is 1.06. The van der Waals surface area contributed by atoms with Crippen molar-refractivity contribution in [3.05, 3.63) is 36.5 Å². The van der Waals surface area contributed by atoms with Crippen molar-refractivity contribution < 1.29 is 0 Å². The van der Waals surface area contributed by atoms with E-state index in [9.17, 15) is 0 Å². The highest BCUT2D eigenvalue weighted by atomic mass is 32.1. The molecule has 2 nitrogen and oxygen atoms in total. The molecule has 1 aromatic heterocycles. The van der Waals surface area contributed by atoms with E-state index in [1.165, 1.54) is 30.4 Å². The van der Waals surface area contributed by atoms with E-state index in [-0.39, 0.29) is 0 Å². The fourth-order valence-corrected chi connectivity index (χ4v) is 3.08. The summed E-state index contributed by atoms with van der Waals surface area (Å²) in [6.07, 6.45) is 9.37. The van der Waals surface area contributed by atoms with Gasteiger partial charge in [-0.15, -0.1) is 0 Å². The maximum absolute atomic E-state index is 4.72. The van der Waals surface area contributed by atoms with Crippen molar-refractivity contribution in [2.24, 2.45) is 0 Å². The lowest BCUT2D eigenvalue weighted by atomic mass is 10.2. The summed E-state index contributed by atoms with van der Waals surface area (Å²) < 4.78 is 1.26. The van der Waals surface area contributed by atoms with Crippen molar-refractivity contribution in [1.82, 2.24) is 4.98 Å². The van der Waals surface area contributed by atoms with Crippen molar-refractivity contribution in [3.8, 4) is 0 Å². The molecule has 0 spiro atoms. The zero-order valence-electron chi connectivity index (χ0n) is 11.8. The van der Waals surface area contributed by atoms with Gasteiger partial charge in [-0.1, -0.05) is 55.7 Å². The summed E-state index contributed by atoms with van der Waals surface area (Å²) in [5.74, 6) is 0. The predicted molar refractivity (Wildman–Crippen MR) is 85.9 cm³/mol. The van der Waals surface area contributed by atoms with E-state index in [0.29, 0.717) is 0 Å². The molecule has 1 aromatic carbocycles. The molecule has 0 unspecified atom stereocenters. The van der Waals surface area contributed by atoms with Gasteiger partial charge in [0.15, 0.2) is 5.13 Å². The molecule has 2 aromatic rings. The Morgan fingerprint density at radius 1 is 1.21 bits per heavy atom. The van der Waals surface area contributed by atoms with Gasteiger partial charge in [-0.2, -0.15) is 0 Å². The zero-order valence-corrected chi connectivity index (χ0v) is 12.6. The summed E-state index contributed by atoms with van der Waals surface area (Å²) in [6.45, 7) is 5.37. The molecular weight excluding hydrogens is 252 g/mol. The Bertz CT molecular complexity index is 497. The van der Waals surface area contributed by atoms with E-state index in [1.807, 2.05) is 6.07 Å². The number of fused-ring (bicyclic) bond motifs is 1. The Morgan fingerprint density at radius 3 is 2.79 bits per heavy atom. The first-order valence-electron chi connectivity index (χ1n) is 7.10. The third kappa shape index (κ3) is 3.80. The van der Waals surface area contributed by atoms with E-state index in [4.69, 9.17) is 4.98 Å². The molecule has 0 radical (unpaired) electrons. The normalized spacial score (nSPS) is 11.5. The van der Waals surface area contributed by atoms with E-state index in [2.05, 4.69) is 49.2 Å². The van der Waals surface area contributed by atoms with Gasteiger partial charge in [0.2, 0.25) is 0 Å². The first-order valence-corrected chi connectivity index (χ1v) is 7.92. The van der Waals surface area contributed by atoms with Crippen molar-refractivity contribution >= 4 is 26.7 Å². The van der Waals surface area contributed by atoms with Gasteiger partial charge in [0.05, 0.1) is 10.2 Å². The second-order valence-electron chi connectivity index (χ2n) is 4.70. The molecular formula is C16H22N2S. The Labute approximate surface area is 119 Å². The van der Waals surface area contributed by atoms with Gasteiger partial charge in [-0.3, -0.25) is 0 Å². The second kappa shape index (κ2) is 7.29. The van der Waals surface area contributed by atoms with Crippen molar-refractivity contribution in [2.75, 3.05) is 11.4 Å². The standard InChI is InChI=1S/C16H22N2S/c1-3-5-6-9-13-18(12-4-2)16-17-14-10-7-8-11-15(14)19-16/h4,7-8,10-12H,3,5-6,9,13H2,1-2H3/b12-4+. The summed E-state index contributed by atoms with van der Waals surface area (Å²) in [5, 5.41) is 1.11. The number of thiazole rings is 1. The highest BCUT2D eigenvalue weighted by Crippen LogP contribution is 2.29. The number of allylic oxidation sites excluding steroid dienone is 1. The molecule has 0 atom stereocenters. The van der Waals surface area contributed by atoms with Crippen LogP contribution in [-0.2, 0) is 0 Å². The molecule has 0 amide bonds. The van der Waals surface area contributed by atoms with Crippen LogP contribution in [0.1, 0.15) is 39.5 Å². The number of aromatic nitrogens is 1. The number of rotatable bonds is 7. The molecule has 0 aliphatic rings. The van der Waals surface area contributed by atoms with Crippen LogP contribution < -0.4 is 4.90 Å². The molecule has 19 heavy (non-hydrogen) atoms. The van der Waals surface area contributed by atoms with Crippen LogP contribution in [0.2, 0.25) is 0 Å². The number of hydrogen-bond acceptors (Lipinski definition) is 3. The summed E-state index contributed by atoms with van der Waals surface area (Å²) in [7, 11) is 0. The molecule has 0 bridgehead atoms. The molecule has 1 heterocycles. The van der Waals surface area contributed by atoms with Crippen LogP contribution in [0.5, 0.6) is 0 Å². The van der Waals surface area contributed by atoms with Gasteiger partial charge in [0.1, 0.15) is 0 Å². The zero-order chi connectivity index (χ0) is 13.5. The largest absolute Gasteiger partial charge is 0.325 e. The van der Waals surface area contributed by atoms with Crippen LogP contribution in [0.25, 0.3) is 10.2 Å². The van der Waals surface area contributed by atoms with Gasteiger partial charge in [0.25, 0.3) is 0 Å². The van der Waals surface area contributed by atoms with Crippen LogP contribution in [0.15, 0.2) is 36.5 Å². The average Bonchev–Trinajstić information content (AvgIpc) is 2.86. The number of anilines is 1. The summed E-state index contributed by atoms with van der Waals surface area (Å²) in [5.41, 5.74) is 1.10. The number of nitrogens with zero attached hydrogens (tertiary/aromatic N) is 2. The maximum atomic E-state index is 4.72. The monoisotopic (exact) mass is 274 g/mol. The van der Waals surface area contributed by atoms with Gasteiger partial charge >= 0.3 is 0 Å². The molecule has 0 fully saturated rings. The topological polar surface area (TPSA) is 16.1 Å². The van der Waals surface area contributed by atoms with Crippen LogP contribution in [0, 0.1) is 0 Å². The number of unbranched alkanes of at least 4 members (excludes halogenated alkanes) is 3. The van der Waals surface area contributed by atoms with Crippen LogP contribution in [0.3, 0.4) is 0 Å². The molecule has 0 saturated heterocycles. The Hall–Kier alpha value is -1.35. The Kier molecular flexibility index (Phi) is 5.40. The summed E-state index contributed by atoms with van der Waals surface area (Å²) >= 11 is 1.77. The molecule has 0 aliphatic heterocycles. The van der Waals surface area contributed by atoms with E-state index >= 15 is 0 Å². The van der Waals surface area contributed by atoms with E-state index in [0.717, 1.165) is 17.2 Å². The van der Waals surface area contributed by atoms with Crippen LogP contribution >= 0.6 is 11.3 Å². The first kappa shape index (κ1) is 14.1. The molecule has 2 rings (SSSR count). The van der Waals surface area contributed by atoms with Crippen molar-refractivity contribution in [1.29, 1.82) is 0 Å². The smallest absolute Gasteiger partial charge is 0.190 e. The summed E-state index contributed by atoms with van der Waals surface area (Å²) in [6, 6.07) is 8.35. The molecule has 3 heteroatoms. The minimum atomic E-state index is 1.06. The van der Waals surface area contributed by atoms with Crippen LogP contribution in [0.4, 0.5) is 5.13 Å². The quantitative estimate of drug-likeness (QED) is 0.644. The van der Waals surface area contributed by atoms with Crippen molar-refractivity contribution in [2.45, 2.75) is 39.5 Å². The fraction of sp³-hybridized carbons (Fsp3) is 0.438. The van der Waals surface area contributed by atoms with Crippen LogP contribution in [-0.4, -0.2) is 11.5 Å². The third-order valence-corrected chi connectivity index (χ3v) is 4.18. The van der Waals surface area contributed by atoms with Gasteiger partial charge in [-0.05, 0) is 25.5 Å². The Morgan fingerprint density at radius 2 is 2.05 bits per heavy atom. The van der Waals surface area contributed by atoms with E-state index < -0.39 is 0 Å². The molecule has 102 valence electrons. The van der Waals surface area contributed by atoms with Gasteiger partial charge < -0.3 is 4.90 Å². The lowest BCUT2D eigenvalue weighted by molar-refractivity contribution is 0.666. The van der Waals surface area contributed by atoms with E-state index in [1.54, 1.807) is 11.3 Å². The maximum Gasteiger partial charge on any atom is 0.190 e. The second-order valence-corrected chi connectivity index (χ2v) is 5.71. The predicted octanol–water partition coefficient (Wildman–Crippen LogP) is 5.22. The highest BCUT2D eigenvalue weighted by molar-refractivity contribution is 7.22. The number of para-hydroxylation sites is 1. The van der Waals surface area contributed by atoms with Gasteiger partial charge in [0, 0.05) is 12.7 Å². The minimum Gasteiger partial charge on any atom is -0.325 e. The summed E-state index contributed by atoms with van der Waals surface area (Å²) in [4.78, 5) is 7.00. The first-order chi connectivity index (χ1) is 9.35. The SMILES string of the molecule is C/C=C/N(CCCCCC)c1nc2ccccc2s1. The number of hydrogen-bond donors (Lipinski definition) is 0. The lowest BCUT2D eigenvalue weighted by Gasteiger charge is -2.16. The van der Waals surface area contributed by atoms with Gasteiger partial charge in [-0.25, -0.2) is 4.98 Å². The molecule has 0 aliphatic carbocycles. The van der Waals surface area contributed by atoms with Crippen molar-refractivity contribution in [3.63, 3.8) is 0 Å². The highest BCUT2D eigenvalue weighted by Gasteiger charge is 2.09. The third-order valence-electron chi connectivity index (χ3n) is 3.11. The lowest BCUT2D eigenvalue weighted by Crippen LogP contribution is -2.16. The molecule has 0 N–H and O–H groups in total. The molecule has 0 saturated carbocycles. The Balaban J connectivity index is 2.09.